The molecule has 0 atom stereocenters. The fourth-order valence-electron chi connectivity index (χ4n) is 1.93. The van der Waals surface area contributed by atoms with E-state index in [4.69, 9.17) is 0 Å². The van der Waals surface area contributed by atoms with Crippen LogP contribution in [0.15, 0.2) is 18.9 Å². The smallest absolute Gasteiger partial charge is 0.339 e. The molecule has 0 bridgehead atoms. The molecule has 0 saturated heterocycles. The highest BCUT2D eigenvalue weighted by molar-refractivity contribution is 6.04. The number of nitrogens with one attached hydrogen (secondary N) is 1. The third-order valence-electron chi connectivity index (χ3n) is 2.68. The molecule has 2 heterocycles. The van der Waals surface area contributed by atoms with Gasteiger partial charge < -0.3 is 10.4 Å². The Morgan fingerprint density at radius 3 is 3.00 bits per heavy atom. The maximum Gasteiger partial charge on any atom is 0.339 e. The minimum Gasteiger partial charge on any atom is -0.478 e. The van der Waals surface area contributed by atoms with Crippen LogP contribution in [-0.2, 0) is 7.05 Å². The van der Waals surface area contributed by atoms with E-state index in [1.165, 1.54) is 6.20 Å². The molecule has 2 N–H and O–H groups in total. The molecule has 0 radical (unpaired) electrons. The number of fused-ring (bicyclic) bond motifs is 1. The molecule has 0 aliphatic carbocycles. The number of carboxylic acid groups (broad SMARTS) is 1. The summed E-state index contributed by atoms with van der Waals surface area (Å²) in [6.07, 6.45) is 3.01. The van der Waals surface area contributed by atoms with Crippen molar-refractivity contribution < 1.29 is 9.90 Å². The van der Waals surface area contributed by atoms with Crippen molar-refractivity contribution in [2.24, 2.45) is 7.05 Å². The number of nitrogens with zero attached hydrogens (tertiary/aromatic N) is 3. The third-order valence-corrected chi connectivity index (χ3v) is 2.68. The molecule has 2 aromatic heterocycles. The van der Waals surface area contributed by atoms with Crippen molar-refractivity contribution in [2.75, 3.05) is 11.9 Å². The molecule has 0 aliphatic heterocycles. The van der Waals surface area contributed by atoms with Gasteiger partial charge in [0.25, 0.3) is 0 Å². The molecule has 6 nitrogen and oxygen atoms in total. The predicted octanol–water partition coefficient (Wildman–Crippen LogP) is 1.57. The zero-order chi connectivity index (χ0) is 13.3. The highest BCUT2D eigenvalue weighted by Crippen LogP contribution is 2.28. The number of carbonyl (C=O) groups is 1. The van der Waals surface area contributed by atoms with E-state index in [0.717, 1.165) is 11.1 Å². The van der Waals surface area contributed by atoms with E-state index in [0.29, 0.717) is 17.9 Å². The van der Waals surface area contributed by atoms with E-state index in [9.17, 15) is 9.90 Å². The molecule has 0 saturated carbocycles. The van der Waals surface area contributed by atoms with E-state index >= 15 is 0 Å². The van der Waals surface area contributed by atoms with Crippen molar-refractivity contribution >= 4 is 22.7 Å². The van der Waals surface area contributed by atoms with Crippen molar-refractivity contribution in [3.63, 3.8) is 0 Å². The normalized spacial score (nSPS) is 10.6. The van der Waals surface area contributed by atoms with Crippen LogP contribution in [0.4, 0.5) is 5.69 Å². The summed E-state index contributed by atoms with van der Waals surface area (Å²) in [5, 5.41) is 17.2. The first-order valence-electron chi connectivity index (χ1n) is 5.46. The van der Waals surface area contributed by atoms with Crippen LogP contribution in [0.1, 0.15) is 16.1 Å². The van der Waals surface area contributed by atoms with Gasteiger partial charge in [0, 0.05) is 19.8 Å². The fourth-order valence-corrected chi connectivity index (χ4v) is 1.93. The molecular formula is C12H14N4O2. The van der Waals surface area contributed by atoms with Gasteiger partial charge in [-0.25, -0.2) is 9.78 Å². The fraction of sp³-hybridized carbons (Fsp3) is 0.250. The van der Waals surface area contributed by atoms with Crippen molar-refractivity contribution in [3.05, 3.63) is 30.1 Å². The van der Waals surface area contributed by atoms with Gasteiger partial charge in [-0.1, -0.05) is 6.08 Å². The molecule has 0 aromatic carbocycles. The quantitative estimate of drug-likeness (QED) is 0.800. The number of pyridine rings is 1. The Labute approximate surface area is 104 Å². The molecule has 0 unspecified atom stereocenters. The third kappa shape index (κ3) is 1.81. The minimum atomic E-state index is -1.01. The lowest BCUT2D eigenvalue weighted by Gasteiger charge is -2.09. The van der Waals surface area contributed by atoms with E-state index in [-0.39, 0.29) is 5.56 Å². The number of anilines is 1. The molecule has 0 aliphatic rings. The minimum absolute atomic E-state index is 0.139. The van der Waals surface area contributed by atoms with Gasteiger partial charge in [-0.05, 0) is 6.92 Å². The van der Waals surface area contributed by atoms with E-state index in [2.05, 4.69) is 22.0 Å². The first-order valence-corrected chi connectivity index (χ1v) is 5.46. The number of aromatic carboxylic acids is 1. The summed E-state index contributed by atoms with van der Waals surface area (Å²) in [4.78, 5) is 15.4. The second-order valence-electron chi connectivity index (χ2n) is 3.93. The van der Waals surface area contributed by atoms with Crippen LogP contribution >= 0.6 is 0 Å². The standard InChI is InChI=1S/C12H14N4O2/c1-4-5-13-10-8(12(17)18)6-14-11-9(10)7(2)15-16(11)3/h4,6H,1,5H2,2-3H3,(H,13,14)(H,17,18). The monoisotopic (exact) mass is 246 g/mol. The summed E-state index contributed by atoms with van der Waals surface area (Å²) in [5.41, 5.74) is 2.08. The van der Waals surface area contributed by atoms with E-state index < -0.39 is 5.97 Å². The number of hydrogen-bond acceptors (Lipinski definition) is 4. The van der Waals surface area contributed by atoms with Crippen LogP contribution in [0.3, 0.4) is 0 Å². The van der Waals surface area contributed by atoms with Gasteiger partial charge in [0.05, 0.1) is 16.8 Å². The Balaban J connectivity index is 2.75. The maximum absolute atomic E-state index is 11.2. The number of aromatic nitrogens is 3. The van der Waals surface area contributed by atoms with Gasteiger partial charge in [-0.3, -0.25) is 4.68 Å². The SMILES string of the molecule is C=CCNc1c(C(=O)O)cnc2c1c(C)nn2C. The number of aryl methyl sites for hydroxylation is 2. The molecule has 0 amide bonds. The summed E-state index contributed by atoms with van der Waals surface area (Å²) in [7, 11) is 1.78. The number of rotatable bonds is 4. The molecule has 0 spiro atoms. The first kappa shape index (κ1) is 12.1. The van der Waals surface area contributed by atoms with Gasteiger partial charge in [-0.15, -0.1) is 6.58 Å². The van der Waals surface area contributed by atoms with Gasteiger partial charge >= 0.3 is 5.97 Å². The van der Waals surface area contributed by atoms with Gasteiger partial charge in [0.2, 0.25) is 0 Å². The first-order chi connectivity index (χ1) is 8.56. The van der Waals surface area contributed by atoms with Gasteiger partial charge in [0.1, 0.15) is 5.56 Å². The Kier molecular flexibility index (Phi) is 3.01. The zero-order valence-electron chi connectivity index (χ0n) is 10.3. The van der Waals surface area contributed by atoms with E-state index in [1.54, 1.807) is 17.8 Å². The Morgan fingerprint density at radius 2 is 2.39 bits per heavy atom. The topological polar surface area (TPSA) is 80.0 Å². The molecule has 2 rings (SSSR count). The largest absolute Gasteiger partial charge is 0.478 e. The average Bonchev–Trinajstić information content (AvgIpc) is 2.62. The Hall–Kier alpha value is -2.37. The number of carboxylic acids is 1. The van der Waals surface area contributed by atoms with Crippen molar-refractivity contribution in [1.82, 2.24) is 14.8 Å². The van der Waals surface area contributed by atoms with Crippen LogP contribution in [0, 0.1) is 6.92 Å². The van der Waals surface area contributed by atoms with Crippen LogP contribution in [-0.4, -0.2) is 32.4 Å². The molecule has 0 fully saturated rings. The lowest BCUT2D eigenvalue weighted by Crippen LogP contribution is -2.08. The van der Waals surface area contributed by atoms with Crippen LogP contribution in [0.25, 0.3) is 11.0 Å². The Bertz CT molecular complexity index is 631. The molecule has 6 heteroatoms. The van der Waals surface area contributed by atoms with Crippen molar-refractivity contribution in [3.8, 4) is 0 Å². The zero-order valence-corrected chi connectivity index (χ0v) is 10.3. The van der Waals surface area contributed by atoms with Crippen molar-refractivity contribution in [2.45, 2.75) is 6.92 Å². The van der Waals surface area contributed by atoms with Crippen LogP contribution in [0.2, 0.25) is 0 Å². The Morgan fingerprint density at radius 1 is 1.67 bits per heavy atom. The van der Waals surface area contributed by atoms with E-state index in [1.807, 2.05) is 6.92 Å². The van der Waals surface area contributed by atoms with Crippen LogP contribution < -0.4 is 5.32 Å². The second-order valence-corrected chi connectivity index (χ2v) is 3.93. The predicted molar refractivity (Wildman–Crippen MR) is 68.9 cm³/mol. The van der Waals surface area contributed by atoms with Gasteiger partial charge in [-0.2, -0.15) is 5.10 Å². The summed E-state index contributed by atoms with van der Waals surface area (Å²) >= 11 is 0. The molecule has 94 valence electrons. The highest BCUT2D eigenvalue weighted by Gasteiger charge is 2.18. The highest BCUT2D eigenvalue weighted by atomic mass is 16.4. The lowest BCUT2D eigenvalue weighted by molar-refractivity contribution is 0.0697. The van der Waals surface area contributed by atoms with Crippen LogP contribution in [0.5, 0.6) is 0 Å². The molecule has 18 heavy (non-hydrogen) atoms. The molecular weight excluding hydrogens is 232 g/mol. The maximum atomic E-state index is 11.2. The summed E-state index contributed by atoms with van der Waals surface area (Å²) in [6.45, 7) is 5.92. The van der Waals surface area contributed by atoms with Gasteiger partial charge in [0.15, 0.2) is 5.65 Å². The average molecular weight is 246 g/mol. The summed E-state index contributed by atoms with van der Waals surface area (Å²) in [6, 6.07) is 0. The molecule has 2 aromatic rings. The summed E-state index contributed by atoms with van der Waals surface area (Å²) < 4.78 is 1.63. The number of hydrogen-bond donors (Lipinski definition) is 2. The summed E-state index contributed by atoms with van der Waals surface area (Å²) in [5.74, 6) is -1.01. The van der Waals surface area contributed by atoms with Crippen molar-refractivity contribution in [1.29, 1.82) is 0 Å². The second kappa shape index (κ2) is 4.48. The lowest BCUT2D eigenvalue weighted by atomic mass is 10.1.